The second kappa shape index (κ2) is 9.64. The quantitative estimate of drug-likeness (QED) is 0.178. The summed E-state index contributed by atoms with van der Waals surface area (Å²) in [6.07, 6.45) is 0. The summed E-state index contributed by atoms with van der Waals surface area (Å²) in [7, 11) is 0. The first-order chi connectivity index (χ1) is 23.0. The maximum atomic E-state index is 2.37. The Balaban J connectivity index is 1.05. The topological polar surface area (TPSA) is 0 Å². The molecule has 0 amide bonds. The SMILES string of the molecule is CC1(C)c2ccccc2-c2ccc3cc(-c4cccc(-c5cccc(-c6ccc7ccc8cccc9ccc6c7c89)c5)c4)ccc3c21. The Hall–Kier alpha value is -5.72. The van der Waals surface area contributed by atoms with E-state index in [0.717, 1.165) is 0 Å². The van der Waals surface area contributed by atoms with Crippen molar-refractivity contribution < 1.29 is 0 Å². The van der Waals surface area contributed by atoms with Crippen molar-refractivity contribution in [2.45, 2.75) is 19.3 Å². The molecule has 0 unspecified atom stereocenters. The summed E-state index contributed by atoms with van der Waals surface area (Å²) < 4.78 is 0. The summed E-state index contributed by atoms with van der Waals surface area (Å²) >= 11 is 0. The van der Waals surface area contributed by atoms with E-state index in [1.54, 1.807) is 0 Å². The minimum Gasteiger partial charge on any atom is -0.0619 e. The molecule has 1 aliphatic rings. The number of rotatable bonds is 3. The van der Waals surface area contributed by atoms with Gasteiger partial charge in [-0.1, -0.05) is 153 Å². The predicted octanol–water partition coefficient (Wildman–Crippen LogP) is 13.0. The standard InChI is InChI=1S/C47H32/c1-47(2)43-15-4-3-14-40(43)42-25-21-37-28-35(20-23-39(37)46(42)47)33-11-6-10-32(26-33)34-12-7-13-36(27-34)38-22-18-31-17-16-29-8-5-9-30-19-24-41(38)45(31)44(29)30/h3-28H,1-2H3. The van der Waals surface area contributed by atoms with Crippen LogP contribution in [-0.4, -0.2) is 0 Å². The molecule has 0 saturated heterocycles. The Labute approximate surface area is 274 Å². The van der Waals surface area contributed by atoms with Gasteiger partial charge in [0.05, 0.1) is 0 Å². The van der Waals surface area contributed by atoms with Crippen LogP contribution in [0.3, 0.4) is 0 Å². The highest BCUT2D eigenvalue weighted by atomic mass is 14.4. The third kappa shape index (κ3) is 3.82. The monoisotopic (exact) mass is 596 g/mol. The molecule has 0 aliphatic heterocycles. The molecular formula is C47H32. The second-order valence-electron chi connectivity index (χ2n) is 13.7. The summed E-state index contributed by atoms with van der Waals surface area (Å²) in [5, 5.41) is 10.6. The van der Waals surface area contributed by atoms with Crippen LogP contribution in [0.4, 0.5) is 0 Å². The zero-order chi connectivity index (χ0) is 31.3. The van der Waals surface area contributed by atoms with Crippen LogP contribution in [0.15, 0.2) is 158 Å². The molecule has 0 atom stereocenters. The highest BCUT2D eigenvalue weighted by molar-refractivity contribution is 6.25. The molecule has 0 nitrogen and oxygen atoms in total. The fraction of sp³-hybridized carbons (Fsp3) is 0.0638. The maximum absolute atomic E-state index is 2.37. The Bertz CT molecular complexity index is 2690. The van der Waals surface area contributed by atoms with Crippen molar-refractivity contribution in [2.24, 2.45) is 0 Å². The van der Waals surface area contributed by atoms with Crippen molar-refractivity contribution in [3.63, 3.8) is 0 Å². The molecule has 0 saturated carbocycles. The molecule has 9 aromatic rings. The van der Waals surface area contributed by atoms with Crippen molar-refractivity contribution >= 4 is 43.1 Å². The van der Waals surface area contributed by atoms with E-state index in [2.05, 4.69) is 172 Å². The van der Waals surface area contributed by atoms with Crippen LogP contribution < -0.4 is 0 Å². The van der Waals surface area contributed by atoms with Crippen LogP contribution in [0.1, 0.15) is 25.0 Å². The van der Waals surface area contributed by atoms with Crippen LogP contribution in [0.25, 0.3) is 87.6 Å². The van der Waals surface area contributed by atoms with Gasteiger partial charge in [0.25, 0.3) is 0 Å². The molecule has 10 rings (SSSR count). The molecule has 0 N–H and O–H groups in total. The lowest BCUT2D eigenvalue weighted by atomic mass is 9.80. The van der Waals surface area contributed by atoms with Gasteiger partial charge in [-0.3, -0.25) is 0 Å². The first-order valence-corrected chi connectivity index (χ1v) is 16.6. The fourth-order valence-corrected chi connectivity index (χ4v) is 8.54. The normalized spacial score (nSPS) is 13.5. The van der Waals surface area contributed by atoms with E-state index in [-0.39, 0.29) is 5.41 Å². The van der Waals surface area contributed by atoms with Gasteiger partial charge >= 0.3 is 0 Å². The van der Waals surface area contributed by atoms with Crippen molar-refractivity contribution in [1.82, 2.24) is 0 Å². The third-order valence-electron chi connectivity index (χ3n) is 10.8. The Morgan fingerprint density at radius 2 is 0.894 bits per heavy atom. The number of hydrogen-bond acceptors (Lipinski definition) is 0. The molecule has 0 heteroatoms. The lowest BCUT2D eigenvalue weighted by Gasteiger charge is -2.23. The third-order valence-corrected chi connectivity index (χ3v) is 10.8. The van der Waals surface area contributed by atoms with Crippen LogP contribution in [0.2, 0.25) is 0 Å². The van der Waals surface area contributed by atoms with Gasteiger partial charge in [-0.05, 0) is 117 Å². The minimum atomic E-state index is -0.0212. The van der Waals surface area contributed by atoms with Crippen molar-refractivity contribution in [3.05, 3.63) is 169 Å². The number of fused-ring (bicyclic) bond motifs is 5. The summed E-state index contributed by atoms with van der Waals surface area (Å²) in [6, 6.07) is 58.9. The van der Waals surface area contributed by atoms with E-state index in [1.165, 1.54) is 98.7 Å². The smallest absolute Gasteiger partial charge is 0.0165 e. The zero-order valence-electron chi connectivity index (χ0n) is 26.5. The molecule has 220 valence electrons. The highest BCUT2D eigenvalue weighted by Gasteiger charge is 2.36. The molecule has 47 heavy (non-hydrogen) atoms. The van der Waals surface area contributed by atoms with Gasteiger partial charge in [0.1, 0.15) is 0 Å². The van der Waals surface area contributed by atoms with Gasteiger partial charge < -0.3 is 0 Å². The molecule has 0 aromatic heterocycles. The second-order valence-corrected chi connectivity index (χ2v) is 13.7. The molecule has 0 bridgehead atoms. The number of hydrogen-bond donors (Lipinski definition) is 0. The van der Waals surface area contributed by atoms with Crippen LogP contribution in [0.5, 0.6) is 0 Å². The van der Waals surface area contributed by atoms with Gasteiger partial charge in [0.2, 0.25) is 0 Å². The van der Waals surface area contributed by atoms with Gasteiger partial charge in [0.15, 0.2) is 0 Å². The van der Waals surface area contributed by atoms with E-state index in [1.807, 2.05) is 0 Å². The fourth-order valence-electron chi connectivity index (χ4n) is 8.54. The largest absolute Gasteiger partial charge is 0.0619 e. The summed E-state index contributed by atoms with van der Waals surface area (Å²) in [4.78, 5) is 0. The maximum Gasteiger partial charge on any atom is 0.0165 e. The van der Waals surface area contributed by atoms with Crippen LogP contribution in [0, 0.1) is 0 Å². The van der Waals surface area contributed by atoms with E-state index in [9.17, 15) is 0 Å². The Morgan fingerprint density at radius 3 is 1.68 bits per heavy atom. The van der Waals surface area contributed by atoms with Crippen molar-refractivity contribution in [2.75, 3.05) is 0 Å². The highest BCUT2D eigenvalue weighted by Crippen LogP contribution is 2.51. The van der Waals surface area contributed by atoms with Gasteiger partial charge in [0, 0.05) is 5.41 Å². The average molecular weight is 597 g/mol. The molecule has 0 spiro atoms. The van der Waals surface area contributed by atoms with Crippen molar-refractivity contribution in [3.8, 4) is 44.5 Å². The van der Waals surface area contributed by atoms with Gasteiger partial charge in [-0.15, -0.1) is 0 Å². The number of benzene rings is 9. The predicted molar refractivity (Wildman–Crippen MR) is 202 cm³/mol. The molecular weight excluding hydrogens is 565 g/mol. The first-order valence-electron chi connectivity index (χ1n) is 16.6. The summed E-state index contributed by atoms with van der Waals surface area (Å²) in [5.74, 6) is 0. The summed E-state index contributed by atoms with van der Waals surface area (Å²) in [6.45, 7) is 4.73. The van der Waals surface area contributed by atoms with Gasteiger partial charge in [-0.25, -0.2) is 0 Å². The van der Waals surface area contributed by atoms with E-state index in [4.69, 9.17) is 0 Å². The average Bonchev–Trinajstić information content (AvgIpc) is 3.36. The van der Waals surface area contributed by atoms with Crippen molar-refractivity contribution in [1.29, 1.82) is 0 Å². The molecule has 0 fully saturated rings. The first kappa shape index (κ1) is 26.5. The molecule has 9 aromatic carbocycles. The van der Waals surface area contributed by atoms with Crippen LogP contribution in [-0.2, 0) is 5.41 Å². The molecule has 1 aliphatic carbocycles. The molecule has 0 radical (unpaired) electrons. The van der Waals surface area contributed by atoms with E-state index in [0.29, 0.717) is 0 Å². The van der Waals surface area contributed by atoms with Gasteiger partial charge in [-0.2, -0.15) is 0 Å². The minimum absolute atomic E-state index is 0.0212. The Kier molecular flexibility index (Phi) is 5.44. The lowest BCUT2D eigenvalue weighted by Crippen LogP contribution is -2.15. The zero-order valence-corrected chi connectivity index (χ0v) is 26.5. The molecule has 0 heterocycles. The van der Waals surface area contributed by atoms with Crippen LogP contribution >= 0.6 is 0 Å². The van der Waals surface area contributed by atoms with E-state index >= 15 is 0 Å². The Morgan fingerprint density at radius 1 is 0.340 bits per heavy atom. The summed E-state index contributed by atoms with van der Waals surface area (Å²) in [5.41, 5.74) is 13.1. The van der Waals surface area contributed by atoms with E-state index < -0.39 is 0 Å². The lowest BCUT2D eigenvalue weighted by molar-refractivity contribution is 0.666.